The summed E-state index contributed by atoms with van der Waals surface area (Å²) in [5.41, 5.74) is 4.45. The van der Waals surface area contributed by atoms with Crippen LogP contribution in [-0.2, 0) is 24.5 Å². The van der Waals surface area contributed by atoms with E-state index in [1.54, 1.807) is 45.9 Å². The highest BCUT2D eigenvalue weighted by Crippen LogP contribution is 2.54. The third kappa shape index (κ3) is 3.01. The maximum Gasteiger partial charge on any atom is 0.339 e. The SMILES string of the molecule is CCN1C(=O)C2(C(C#N)=C(N)OC(C)=C2C(=O)OC(C)(C)C)c2cc(Br)ccc21. The highest BCUT2D eigenvalue weighted by atomic mass is 79.9. The van der Waals surface area contributed by atoms with Gasteiger partial charge in [0.05, 0.1) is 0 Å². The van der Waals surface area contributed by atoms with Gasteiger partial charge in [-0.05, 0) is 52.8 Å². The first-order valence-corrected chi connectivity index (χ1v) is 9.93. The van der Waals surface area contributed by atoms with Gasteiger partial charge in [-0.2, -0.15) is 5.26 Å². The quantitative estimate of drug-likeness (QED) is 0.679. The lowest BCUT2D eigenvalue weighted by atomic mass is 9.68. The number of esters is 1. The molecule has 1 aromatic carbocycles. The number of hydrogen-bond acceptors (Lipinski definition) is 6. The number of carbonyl (C=O) groups is 2. The third-order valence-corrected chi connectivity index (χ3v) is 5.36. The molecule has 1 aromatic rings. The van der Waals surface area contributed by atoms with Crippen molar-refractivity contribution in [2.45, 2.75) is 45.6 Å². The summed E-state index contributed by atoms with van der Waals surface area (Å²) in [5, 5.41) is 9.95. The van der Waals surface area contributed by atoms with E-state index in [4.69, 9.17) is 15.2 Å². The number of allylic oxidation sites excluding steroid dienone is 1. The van der Waals surface area contributed by atoms with Gasteiger partial charge in [0.25, 0.3) is 0 Å². The lowest BCUT2D eigenvalue weighted by molar-refractivity contribution is -0.151. The molecule has 8 heteroatoms. The minimum atomic E-state index is -1.72. The Morgan fingerprint density at radius 2 is 2.07 bits per heavy atom. The molecule has 29 heavy (non-hydrogen) atoms. The van der Waals surface area contributed by atoms with E-state index < -0.39 is 22.9 Å². The van der Waals surface area contributed by atoms with Gasteiger partial charge in [-0.25, -0.2) is 4.79 Å². The van der Waals surface area contributed by atoms with Crippen LogP contribution in [0.3, 0.4) is 0 Å². The Morgan fingerprint density at radius 1 is 1.41 bits per heavy atom. The predicted octanol–water partition coefficient (Wildman–Crippen LogP) is 3.39. The van der Waals surface area contributed by atoms with Crippen molar-refractivity contribution in [3.63, 3.8) is 0 Å². The normalized spacial score (nSPS) is 21.3. The number of fused-ring (bicyclic) bond motifs is 2. The fourth-order valence-electron chi connectivity index (χ4n) is 3.87. The Balaban J connectivity index is 2.42. The van der Waals surface area contributed by atoms with E-state index in [-0.39, 0.29) is 22.8 Å². The van der Waals surface area contributed by atoms with Crippen molar-refractivity contribution >= 4 is 33.5 Å². The minimum Gasteiger partial charge on any atom is -0.456 e. The largest absolute Gasteiger partial charge is 0.456 e. The number of halogens is 1. The van der Waals surface area contributed by atoms with Gasteiger partial charge in [-0.15, -0.1) is 0 Å². The van der Waals surface area contributed by atoms with Crippen LogP contribution in [0.2, 0.25) is 0 Å². The molecule has 2 aliphatic rings. The molecule has 0 saturated carbocycles. The lowest BCUT2D eigenvalue weighted by Gasteiger charge is -2.35. The molecule has 0 fully saturated rings. The Labute approximate surface area is 177 Å². The number of ether oxygens (including phenoxy) is 2. The zero-order valence-electron chi connectivity index (χ0n) is 16.9. The monoisotopic (exact) mass is 459 g/mol. The number of nitriles is 1. The van der Waals surface area contributed by atoms with E-state index in [1.165, 1.54) is 4.90 Å². The van der Waals surface area contributed by atoms with Crippen molar-refractivity contribution < 1.29 is 19.1 Å². The molecule has 2 N–H and O–H groups in total. The zero-order chi connectivity index (χ0) is 21.7. The first-order valence-electron chi connectivity index (χ1n) is 9.13. The number of benzene rings is 1. The molecule has 3 rings (SSSR count). The molecule has 1 spiro atoms. The van der Waals surface area contributed by atoms with Crippen LogP contribution in [0, 0.1) is 11.3 Å². The van der Waals surface area contributed by atoms with Crippen LogP contribution < -0.4 is 10.6 Å². The highest BCUT2D eigenvalue weighted by molar-refractivity contribution is 9.10. The molecule has 1 unspecified atom stereocenters. The number of carbonyl (C=O) groups excluding carboxylic acids is 2. The van der Waals surface area contributed by atoms with Crippen molar-refractivity contribution in [1.82, 2.24) is 0 Å². The molecule has 0 aromatic heterocycles. The Hall–Kier alpha value is -2.79. The smallest absolute Gasteiger partial charge is 0.339 e. The maximum absolute atomic E-state index is 13.8. The van der Waals surface area contributed by atoms with Crippen LogP contribution in [0.15, 0.2) is 45.5 Å². The molecule has 2 heterocycles. The predicted molar refractivity (Wildman–Crippen MR) is 110 cm³/mol. The summed E-state index contributed by atoms with van der Waals surface area (Å²) < 4.78 is 11.8. The first-order chi connectivity index (χ1) is 13.5. The number of likely N-dealkylation sites (N-methyl/N-ethyl adjacent to an activating group) is 1. The van der Waals surface area contributed by atoms with Crippen LogP contribution in [0.5, 0.6) is 0 Å². The van der Waals surface area contributed by atoms with E-state index in [9.17, 15) is 14.9 Å². The van der Waals surface area contributed by atoms with Gasteiger partial charge < -0.3 is 20.1 Å². The Bertz CT molecular complexity index is 1030. The van der Waals surface area contributed by atoms with E-state index in [0.29, 0.717) is 22.3 Å². The molecule has 152 valence electrons. The summed E-state index contributed by atoms with van der Waals surface area (Å²) >= 11 is 3.43. The molecule has 0 saturated heterocycles. The van der Waals surface area contributed by atoms with E-state index in [2.05, 4.69) is 15.9 Å². The maximum atomic E-state index is 13.8. The summed E-state index contributed by atoms with van der Waals surface area (Å²) in [6, 6.07) is 7.33. The number of nitrogens with zero attached hydrogens (tertiary/aromatic N) is 2. The second-order valence-corrected chi connectivity index (χ2v) is 8.76. The second-order valence-electron chi connectivity index (χ2n) is 7.85. The summed E-state index contributed by atoms with van der Waals surface area (Å²) in [5.74, 6) is -1.23. The first kappa shape index (κ1) is 20.9. The van der Waals surface area contributed by atoms with Gasteiger partial charge in [0, 0.05) is 22.3 Å². The van der Waals surface area contributed by atoms with Gasteiger partial charge >= 0.3 is 5.97 Å². The fourth-order valence-corrected chi connectivity index (χ4v) is 4.24. The fraction of sp³-hybridized carbons (Fsp3) is 0.381. The number of amides is 1. The number of nitrogens with two attached hydrogens (primary N) is 1. The van der Waals surface area contributed by atoms with Crippen molar-refractivity contribution in [2.24, 2.45) is 5.73 Å². The zero-order valence-corrected chi connectivity index (χ0v) is 18.5. The Morgan fingerprint density at radius 3 is 2.62 bits per heavy atom. The summed E-state index contributed by atoms with van der Waals surface area (Å²) in [4.78, 5) is 28.6. The van der Waals surface area contributed by atoms with Crippen molar-refractivity contribution in [2.75, 3.05) is 11.4 Å². The summed E-state index contributed by atoms with van der Waals surface area (Å²) in [7, 11) is 0. The molecule has 0 aliphatic carbocycles. The number of anilines is 1. The third-order valence-electron chi connectivity index (χ3n) is 4.86. The molecule has 0 radical (unpaired) electrons. The van der Waals surface area contributed by atoms with Gasteiger partial charge in [-0.1, -0.05) is 15.9 Å². The average molecular weight is 460 g/mol. The van der Waals surface area contributed by atoms with Crippen LogP contribution in [0.25, 0.3) is 0 Å². The van der Waals surface area contributed by atoms with Crippen LogP contribution in [0.4, 0.5) is 5.69 Å². The molecule has 0 bridgehead atoms. The van der Waals surface area contributed by atoms with Crippen LogP contribution >= 0.6 is 15.9 Å². The van der Waals surface area contributed by atoms with Gasteiger partial charge in [0.2, 0.25) is 11.8 Å². The van der Waals surface area contributed by atoms with Crippen LogP contribution in [0.1, 0.15) is 40.2 Å². The van der Waals surface area contributed by atoms with E-state index in [0.717, 1.165) is 0 Å². The second kappa shape index (κ2) is 6.92. The summed E-state index contributed by atoms with van der Waals surface area (Å²) in [6.45, 7) is 8.91. The number of hydrogen-bond donors (Lipinski definition) is 1. The van der Waals surface area contributed by atoms with Gasteiger partial charge in [0.1, 0.15) is 28.6 Å². The molecule has 1 amide bonds. The number of rotatable bonds is 2. The summed E-state index contributed by atoms with van der Waals surface area (Å²) in [6.07, 6.45) is 0. The van der Waals surface area contributed by atoms with Gasteiger partial charge in [0.15, 0.2) is 5.41 Å². The van der Waals surface area contributed by atoms with E-state index >= 15 is 0 Å². The molecular formula is C21H22BrN3O4. The average Bonchev–Trinajstić information content (AvgIpc) is 2.82. The lowest BCUT2D eigenvalue weighted by Crippen LogP contribution is -2.49. The molecule has 1 atom stereocenters. The highest BCUT2D eigenvalue weighted by Gasteiger charge is 2.62. The van der Waals surface area contributed by atoms with Crippen molar-refractivity contribution in [3.8, 4) is 6.07 Å². The Kier molecular flexibility index (Phi) is 4.99. The van der Waals surface area contributed by atoms with Crippen LogP contribution in [-0.4, -0.2) is 24.0 Å². The van der Waals surface area contributed by atoms with Crippen molar-refractivity contribution in [1.29, 1.82) is 5.26 Å². The van der Waals surface area contributed by atoms with Gasteiger partial charge in [-0.3, -0.25) is 4.79 Å². The van der Waals surface area contributed by atoms with E-state index in [1.807, 2.05) is 13.0 Å². The topological polar surface area (TPSA) is 106 Å². The minimum absolute atomic E-state index is 0.0292. The molecular weight excluding hydrogens is 438 g/mol. The standard InChI is InChI=1S/C21H22BrN3O4/c1-6-25-15-8-7-12(22)9-13(15)21(19(25)27)14(10-23)17(24)28-11(2)16(21)18(26)29-20(3,4)5/h7-9H,6,24H2,1-5H3. The molecule has 7 nitrogen and oxygen atoms in total. The van der Waals surface area contributed by atoms with Crippen molar-refractivity contribution in [3.05, 3.63) is 51.0 Å². The molecule has 2 aliphatic heterocycles.